The Balaban J connectivity index is 2.19. The summed E-state index contributed by atoms with van der Waals surface area (Å²) in [6, 6.07) is 1.07. The molecule has 0 aromatic heterocycles. The van der Waals surface area contributed by atoms with Crippen LogP contribution in [0.15, 0.2) is 0 Å². The predicted octanol–water partition coefficient (Wildman–Crippen LogP) is 3.73. The van der Waals surface area contributed by atoms with Crippen molar-refractivity contribution in [2.45, 2.75) is 95.8 Å². The van der Waals surface area contributed by atoms with Crippen molar-refractivity contribution in [2.75, 3.05) is 0 Å². The molecular weight excluding hydrogens is 277 g/mol. The first-order valence-corrected chi connectivity index (χ1v) is 9.40. The molecule has 0 bridgehead atoms. The zero-order chi connectivity index (χ0) is 15.8. The van der Waals surface area contributed by atoms with Crippen LogP contribution < -0.4 is 0 Å². The molecule has 2 rings (SSSR count). The lowest BCUT2D eigenvalue weighted by Gasteiger charge is -2.41. The van der Waals surface area contributed by atoms with Gasteiger partial charge in [-0.1, -0.05) is 45.3 Å². The molecule has 4 heteroatoms. The Bertz CT molecular complexity index is 352. The van der Waals surface area contributed by atoms with Gasteiger partial charge in [-0.25, -0.2) is 0 Å². The minimum atomic E-state index is -0.0167. The van der Waals surface area contributed by atoms with Crippen LogP contribution >= 0.6 is 12.6 Å². The molecule has 1 saturated carbocycles. The zero-order valence-corrected chi connectivity index (χ0v) is 15.7. The van der Waals surface area contributed by atoms with Crippen molar-refractivity contribution in [1.82, 2.24) is 4.90 Å². The molecule has 5 atom stereocenters. The van der Waals surface area contributed by atoms with Crippen LogP contribution in [0.1, 0.15) is 66.7 Å². The largest absolute Gasteiger partial charge is 0.349 e. The average Bonchev–Trinajstić information content (AvgIpc) is 2.70. The molecule has 0 aromatic rings. The first-order valence-electron chi connectivity index (χ1n) is 8.88. The van der Waals surface area contributed by atoms with Gasteiger partial charge in [-0.2, -0.15) is 0 Å². The lowest BCUT2D eigenvalue weighted by Crippen LogP contribution is -2.42. The molecule has 122 valence electrons. The summed E-state index contributed by atoms with van der Waals surface area (Å²) in [4.78, 5) is 2.48. The Hall–Kier alpha value is 0.335. The maximum absolute atomic E-state index is 6.26. The van der Waals surface area contributed by atoms with Crippen LogP contribution in [0.5, 0.6) is 0 Å². The number of rotatable bonds is 2. The van der Waals surface area contributed by atoms with E-state index in [9.17, 15) is 0 Å². The number of hydrogen-bond donors (Lipinski definition) is 1. The van der Waals surface area contributed by atoms with Gasteiger partial charge in [0.2, 0.25) is 0 Å². The number of hydrogen-bond acceptors (Lipinski definition) is 3. The van der Waals surface area contributed by atoms with Gasteiger partial charge >= 0.3 is 0 Å². The molecule has 1 saturated heterocycles. The van der Waals surface area contributed by atoms with Crippen molar-refractivity contribution in [3.63, 3.8) is 0 Å². The van der Waals surface area contributed by atoms with Crippen LogP contribution in [0.2, 0.25) is 5.31 Å². The summed E-state index contributed by atoms with van der Waals surface area (Å²) in [5.41, 5.74) is -0.0167. The molecule has 2 nitrogen and oxygen atoms in total. The quantitative estimate of drug-likeness (QED) is 0.616. The maximum Gasteiger partial charge on any atom is 0.156 e. The van der Waals surface area contributed by atoms with Gasteiger partial charge in [-0.3, -0.25) is 4.90 Å². The number of nitrogens with zero attached hydrogens (tertiary/aromatic N) is 1. The van der Waals surface area contributed by atoms with Gasteiger partial charge in [0.1, 0.15) is 7.85 Å². The number of fused-ring (bicyclic) bond motifs is 1. The van der Waals surface area contributed by atoms with Gasteiger partial charge in [0, 0.05) is 12.1 Å². The average molecular weight is 311 g/mol. The Morgan fingerprint density at radius 2 is 1.90 bits per heavy atom. The summed E-state index contributed by atoms with van der Waals surface area (Å²) in [5, 5.41) is 0.440. The maximum atomic E-state index is 6.26. The Labute approximate surface area is 138 Å². The van der Waals surface area contributed by atoms with Crippen molar-refractivity contribution < 1.29 is 4.74 Å². The lowest BCUT2D eigenvalue weighted by atomic mass is 9.52. The smallest absolute Gasteiger partial charge is 0.156 e. The SMILES string of the molecule is BC1(C(C)C)CCCCC2C(CC1C)OC(S)N2C(C)C. The molecule has 2 fully saturated rings. The molecule has 0 spiro atoms. The summed E-state index contributed by atoms with van der Waals surface area (Å²) < 4.78 is 6.26. The van der Waals surface area contributed by atoms with E-state index in [1.165, 1.54) is 32.1 Å². The van der Waals surface area contributed by atoms with E-state index in [0.29, 0.717) is 29.4 Å². The second-order valence-corrected chi connectivity index (χ2v) is 8.59. The van der Waals surface area contributed by atoms with Crippen molar-refractivity contribution in [3.05, 3.63) is 0 Å². The highest BCUT2D eigenvalue weighted by molar-refractivity contribution is 7.80. The fourth-order valence-corrected chi connectivity index (χ4v) is 5.03. The van der Waals surface area contributed by atoms with E-state index in [0.717, 1.165) is 5.92 Å². The second kappa shape index (κ2) is 6.84. The van der Waals surface area contributed by atoms with Gasteiger partial charge < -0.3 is 4.74 Å². The third-order valence-electron chi connectivity index (χ3n) is 6.46. The van der Waals surface area contributed by atoms with Crippen LogP contribution in [0.3, 0.4) is 0 Å². The fraction of sp³-hybridized carbons (Fsp3) is 1.00. The number of thiol groups is 1. The van der Waals surface area contributed by atoms with Gasteiger partial charge in [-0.05, 0) is 38.5 Å². The van der Waals surface area contributed by atoms with E-state index in [1.54, 1.807) is 0 Å². The molecule has 0 amide bonds. The van der Waals surface area contributed by atoms with Crippen LogP contribution in [0.4, 0.5) is 0 Å². The van der Waals surface area contributed by atoms with E-state index in [4.69, 9.17) is 17.4 Å². The molecule has 1 aliphatic carbocycles. The monoisotopic (exact) mass is 311 g/mol. The summed E-state index contributed by atoms with van der Waals surface area (Å²) in [6.45, 7) is 11.8. The summed E-state index contributed by atoms with van der Waals surface area (Å²) in [5.74, 6) is 1.44. The van der Waals surface area contributed by atoms with Crippen molar-refractivity contribution >= 4 is 20.5 Å². The van der Waals surface area contributed by atoms with E-state index >= 15 is 0 Å². The molecule has 2 aliphatic rings. The summed E-state index contributed by atoms with van der Waals surface area (Å²) in [6.07, 6.45) is 6.84. The number of ether oxygens (including phenoxy) is 1. The van der Waals surface area contributed by atoms with Crippen LogP contribution in [0, 0.1) is 11.8 Å². The van der Waals surface area contributed by atoms with E-state index in [-0.39, 0.29) is 5.56 Å². The third kappa shape index (κ3) is 3.48. The summed E-state index contributed by atoms with van der Waals surface area (Å²) >= 11 is 4.70. The van der Waals surface area contributed by atoms with Crippen LogP contribution in [-0.2, 0) is 4.74 Å². The Morgan fingerprint density at radius 1 is 1.24 bits per heavy atom. The molecule has 0 N–H and O–H groups in total. The topological polar surface area (TPSA) is 12.5 Å². The van der Waals surface area contributed by atoms with Gasteiger partial charge in [0.25, 0.3) is 0 Å². The molecule has 0 aromatic carbocycles. The van der Waals surface area contributed by atoms with E-state index in [2.05, 4.69) is 47.4 Å². The van der Waals surface area contributed by atoms with E-state index < -0.39 is 0 Å². The third-order valence-corrected chi connectivity index (χ3v) is 6.84. The van der Waals surface area contributed by atoms with Crippen molar-refractivity contribution in [3.8, 4) is 0 Å². The van der Waals surface area contributed by atoms with Gasteiger partial charge in [0.15, 0.2) is 5.56 Å². The Morgan fingerprint density at radius 3 is 2.48 bits per heavy atom. The summed E-state index contributed by atoms with van der Waals surface area (Å²) in [7, 11) is 2.50. The van der Waals surface area contributed by atoms with Crippen molar-refractivity contribution in [2.24, 2.45) is 11.8 Å². The highest BCUT2D eigenvalue weighted by Gasteiger charge is 2.45. The van der Waals surface area contributed by atoms with E-state index in [1.807, 2.05) is 0 Å². The predicted molar refractivity (Wildman–Crippen MR) is 96.7 cm³/mol. The van der Waals surface area contributed by atoms with Gasteiger partial charge in [-0.15, -0.1) is 12.6 Å². The highest BCUT2D eigenvalue weighted by atomic mass is 32.1. The molecule has 21 heavy (non-hydrogen) atoms. The van der Waals surface area contributed by atoms with Crippen molar-refractivity contribution in [1.29, 1.82) is 0 Å². The lowest BCUT2D eigenvalue weighted by molar-refractivity contribution is 0.0408. The minimum Gasteiger partial charge on any atom is -0.349 e. The molecule has 1 aliphatic heterocycles. The fourth-order valence-electron chi connectivity index (χ4n) is 4.44. The minimum absolute atomic E-state index is 0.0167. The molecule has 0 radical (unpaired) electrons. The van der Waals surface area contributed by atoms with Crippen LogP contribution in [-0.4, -0.2) is 36.5 Å². The first-order chi connectivity index (χ1) is 9.77. The highest BCUT2D eigenvalue weighted by Crippen LogP contribution is 2.49. The zero-order valence-electron chi connectivity index (χ0n) is 14.8. The molecule has 5 unspecified atom stereocenters. The van der Waals surface area contributed by atoms with Gasteiger partial charge in [0.05, 0.1) is 6.10 Å². The second-order valence-electron chi connectivity index (χ2n) is 8.15. The first kappa shape index (κ1) is 17.7. The molecular formula is C17H34BNOS. The normalized spacial score (nSPS) is 42.7. The molecule has 1 heterocycles. The van der Waals surface area contributed by atoms with Crippen LogP contribution in [0.25, 0.3) is 0 Å². The standard InChI is InChI=1S/C17H34BNOS/c1-11(2)17(18)9-7-6-8-14-15(10-13(17)5)20-16(21)19(14)12(3)4/h11-16,21H,6-10,18H2,1-5H3. The Kier molecular flexibility index (Phi) is 5.76.